The Balaban J connectivity index is 1.47. The van der Waals surface area contributed by atoms with Crippen molar-refractivity contribution in [3.63, 3.8) is 0 Å². The van der Waals surface area contributed by atoms with Crippen LogP contribution < -0.4 is 4.74 Å². The normalized spacial score (nSPS) is 14.2. The van der Waals surface area contributed by atoms with Gasteiger partial charge in [-0.15, -0.1) is 0 Å². The average molecular weight is 519 g/mol. The highest BCUT2D eigenvalue weighted by Gasteiger charge is 2.35. The van der Waals surface area contributed by atoms with Crippen molar-refractivity contribution in [3.05, 3.63) is 114 Å². The Labute approximate surface area is 213 Å². The first kappa shape index (κ1) is 25.3. The van der Waals surface area contributed by atoms with Crippen molar-refractivity contribution < 1.29 is 29.0 Å². The summed E-state index contributed by atoms with van der Waals surface area (Å²) in [6, 6.07) is 15.9. The number of thioether (sulfide) groups is 1. The van der Waals surface area contributed by atoms with Crippen LogP contribution in [0.15, 0.2) is 71.6 Å². The predicted octanol–water partition coefficient (Wildman–Crippen LogP) is 5.27. The van der Waals surface area contributed by atoms with Crippen LogP contribution in [-0.2, 0) is 11.3 Å². The van der Waals surface area contributed by atoms with E-state index in [2.05, 4.69) is 0 Å². The number of hydrogen-bond donors (Lipinski definition) is 0. The summed E-state index contributed by atoms with van der Waals surface area (Å²) in [4.78, 5) is 59.5. The number of rotatable bonds is 7. The molecule has 0 bridgehead atoms. The number of nitrogens with zero attached hydrogens (tertiary/aromatic N) is 3. The molecule has 1 saturated heterocycles. The average Bonchev–Trinajstić information content (AvgIpc) is 3.13. The maximum atomic E-state index is 12.8. The van der Waals surface area contributed by atoms with Crippen LogP contribution in [-0.4, -0.2) is 31.9 Å². The molecular formula is C25H17N3O8S. The van der Waals surface area contributed by atoms with Crippen molar-refractivity contribution in [2.45, 2.75) is 13.5 Å². The second-order valence-corrected chi connectivity index (χ2v) is 8.90. The summed E-state index contributed by atoms with van der Waals surface area (Å²) < 4.78 is 5.19. The number of nitro benzene ring substituents is 2. The molecule has 11 nitrogen and oxygen atoms in total. The summed E-state index contributed by atoms with van der Waals surface area (Å²) >= 11 is 0.824. The molecule has 3 aromatic carbocycles. The molecule has 0 aromatic heterocycles. The molecule has 0 unspecified atom stereocenters. The predicted molar refractivity (Wildman–Crippen MR) is 134 cm³/mol. The van der Waals surface area contributed by atoms with E-state index in [-0.39, 0.29) is 28.0 Å². The highest BCUT2D eigenvalue weighted by Crippen LogP contribution is 2.34. The highest BCUT2D eigenvalue weighted by atomic mass is 32.2. The molecule has 37 heavy (non-hydrogen) atoms. The number of imide groups is 1. The van der Waals surface area contributed by atoms with Gasteiger partial charge in [0.1, 0.15) is 5.75 Å². The summed E-state index contributed by atoms with van der Waals surface area (Å²) in [5, 5.41) is 21.7. The molecule has 1 fully saturated rings. The molecule has 0 N–H and O–H groups in total. The van der Waals surface area contributed by atoms with E-state index in [1.165, 1.54) is 23.1 Å². The monoisotopic (exact) mass is 519 g/mol. The Hall–Kier alpha value is -4.84. The van der Waals surface area contributed by atoms with E-state index in [4.69, 9.17) is 4.74 Å². The molecular weight excluding hydrogens is 502 g/mol. The first-order valence-corrected chi connectivity index (χ1v) is 11.5. The number of ether oxygens (including phenoxy) is 1. The number of aryl methyl sites for hydroxylation is 1. The molecule has 186 valence electrons. The quantitative estimate of drug-likeness (QED) is 0.134. The van der Waals surface area contributed by atoms with E-state index in [0.29, 0.717) is 5.56 Å². The molecule has 0 spiro atoms. The largest absolute Gasteiger partial charge is 0.423 e. The molecule has 12 heteroatoms. The number of esters is 1. The van der Waals surface area contributed by atoms with Gasteiger partial charge in [0.25, 0.3) is 22.5 Å². The molecule has 1 aliphatic rings. The topological polar surface area (TPSA) is 150 Å². The number of hydrogen-bond acceptors (Lipinski definition) is 9. The second kappa shape index (κ2) is 10.4. The minimum atomic E-state index is -1.02. The first-order chi connectivity index (χ1) is 17.6. The number of benzene rings is 3. The van der Waals surface area contributed by atoms with Crippen molar-refractivity contribution in [1.29, 1.82) is 0 Å². The summed E-state index contributed by atoms with van der Waals surface area (Å²) in [5.41, 5.74) is 0.807. The van der Waals surface area contributed by atoms with Crippen molar-refractivity contribution in [2.24, 2.45) is 0 Å². The molecule has 0 atom stereocenters. The van der Waals surface area contributed by atoms with Gasteiger partial charge in [0, 0.05) is 12.1 Å². The first-order valence-electron chi connectivity index (χ1n) is 10.7. The third kappa shape index (κ3) is 5.70. The van der Waals surface area contributed by atoms with E-state index < -0.39 is 33.1 Å². The minimum Gasteiger partial charge on any atom is -0.423 e. The zero-order valence-electron chi connectivity index (χ0n) is 19.2. The molecule has 0 aliphatic carbocycles. The number of carbonyl (C=O) groups excluding carboxylic acids is 3. The van der Waals surface area contributed by atoms with Crippen molar-refractivity contribution in [2.75, 3.05) is 0 Å². The Morgan fingerprint density at radius 2 is 1.59 bits per heavy atom. The van der Waals surface area contributed by atoms with Gasteiger partial charge in [0.2, 0.25) is 0 Å². The van der Waals surface area contributed by atoms with Gasteiger partial charge in [-0.2, -0.15) is 0 Å². The summed E-state index contributed by atoms with van der Waals surface area (Å²) in [7, 11) is 0. The lowest BCUT2D eigenvalue weighted by molar-refractivity contribution is -0.394. The van der Waals surface area contributed by atoms with E-state index in [9.17, 15) is 34.6 Å². The van der Waals surface area contributed by atoms with Crippen LogP contribution in [0.5, 0.6) is 5.75 Å². The van der Waals surface area contributed by atoms with Crippen LogP contribution in [0.2, 0.25) is 0 Å². The highest BCUT2D eigenvalue weighted by molar-refractivity contribution is 8.18. The van der Waals surface area contributed by atoms with Gasteiger partial charge in [-0.05, 0) is 53.6 Å². The fraction of sp³-hybridized carbons (Fsp3) is 0.0800. The molecule has 1 aliphatic heterocycles. The molecule has 3 aromatic rings. The van der Waals surface area contributed by atoms with E-state index >= 15 is 0 Å². The maximum Gasteiger partial charge on any atom is 0.344 e. The second-order valence-electron chi connectivity index (χ2n) is 7.91. The Kier molecular flexibility index (Phi) is 7.11. The lowest BCUT2D eigenvalue weighted by atomic mass is 10.1. The zero-order valence-corrected chi connectivity index (χ0v) is 20.0. The SMILES string of the molecule is Cc1ccccc1CN1C(=O)S/C(=C\c2ccc(OC(=O)c3cc([N+](=O)[O-])cc([N+](=O)[O-])c3)cc2)C1=O. The summed E-state index contributed by atoms with van der Waals surface area (Å²) in [6.07, 6.45) is 1.54. The minimum absolute atomic E-state index is 0.0731. The van der Waals surface area contributed by atoms with Crippen LogP contribution in [0, 0.1) is 27.2 Å². The number of amides is 2. The summed E-state index contributed by atoms with van der Waals surface area (Å²) in [5.74, 6) is -1.36. The number of non-ortho nitro benzene ring substituents is 2. The lowest BCUT2D eigenvalue weighted by Gasteiger charge is -2.14. The van der Waals surface area contributed by atoms with Crippen molar-refractivity contribution in [3.8, 4) is 5.75 Å². The smallest absolute Gasteiger partial charge is 0.344 e. The number of nitro groups is 2. The van der Waals surface area contributed by atoms with Gasteiger partial charge in [0.05, 0.1) is 32.9 Å². The van der Waals surface area contributed by atoms with Gasteiger partial charge in [-0.3, -0.25) is 34.7 Å². The Bertz CT molecular complexity index is 1450. The molecule has 2 amide bonds. The Morgan fingerprint density at radius 3 is 2.19 bits per heavy atom. The van der Waals surface area contributed by atoms with Gasteiger partial charge < -0.3 is 4.74 Å². The lowest BCUT2D eigenvalue weighted by Crippen LogP contribution is -2.27. The van der Waals surface area contributed by atoms with Crippen LogP contribution in [0.1, 0.15) is 27.0 Å². The molecule has 1 heterocycles. The van der Waals surface area contributed by atoms with E-state index in [1.54, 1.807) is 12.1 Å². The zero-order chi connectivity index (χ0) is 26.7. The fourth-order valence-electron chi connectivity index (χ4n) is 3.47. The van der Waals surface area contributed by atoms with E-state index in [0.717, 1.165) is 41.1 Å². The standard InChI is InChI=1S/C25H17N3O8S/c1-15-4-2-3-5-17(15)14-26-23(29)22(37-25(26)31)10-16-6-8-21(9-7-16)36-24(30)18-11-19(27(32)33)13-20(12-18)28(34)35/h2-13H,14H2,1H3/b22-10-. The van der Waals surface area contributed by atoms with Gasteiger partial charge in [-0.1, -0.05) is 36.4 Å². The number of carbonyl (C=O) groups is 3. The van der Waals surface area contributed by atoms with Gasteiger partial charge >= 0.3 is 5.97 Å². The molecule has 0 radical (unpaired) electrons. The Morgan fingerprint density at radius 1 is 0.973 bits per heavy atom. The van der Waals surface area contributed by atoms with Gasteiger partial charge in [0.15, 0.2) is 0 Å². The third-order valence-corrected chi connectivity index (χ3v) is 6.32. The van der Waals surface area contributed by atoms with Crippen LogP contribution >= 0.6 is 11.8 Å². The van der Waals surface area contributed by atoms with Gasteiger partial charge in [-0.25, -0.2) is 4.79 Å². The molecule has 4 rings (SSSR count). The molecule has 0 saturated carbocycles. The third-order valence-electron chi connectivity index (χ3n) is 5.41. The van der Waals surface area contributed by atoms with E-state index in [1.807, 2.05) is 31.2 Å². The van der Waals surface area contributed by atoms with Crippen LogP contribution in [0.4, 0.5) is 16.2 Å². The van der Waals surface area contributed by atoms with Crippen LogP contribution in [0.25, 0.3) is 6.08 Å². The maximum absolute atomic E-state index is 12.8. The van der Waals surface area contributed by atoms with Crippen molar-refractivity contribution >= 4 is 46.3 Å². The van der Waals surface area contributed by atoms with Crippen molar-refractivity contribution in [1.82, 2.24) is 4.90 Å². The fourth-order valence-corrected chi connectivity index (χ4v) is 4.31. The van der Waals surface area contributed by atoms with Crippen LogP contribution in [0.3, 0.4) is 0 Å². The summed E-state index contributed by atoms with van der Waals surface area (Å²) in [6.45, 7) is 2.07.